The summed E-state index contributed by atoms with van der Waals surface area (Å²) in [6.07, 6.45) is 5.05. The monoisotopic (exact) mass is 558 g/mol. The van der Waals surface area contributed by atoms with Gasteiger partial charge in [0.15, 0.2) is 0 Å². The Kier molecular flexibility index (Phi) is 9.35. The lowest BCUT2D eigenvalue weighted by molar-refractivity contribution is 0.406. The van der Waals surface area contributed by atoms with Crippen molar-refractivity contribution in [2.24, 2.45) is 0 Å². The van der Waals surface area contributed by atoms with Crippen LogP contribution in [0.1, 0.15) is 84.0 Å². The van der Waals surface area contributed by atoms with E-state index in [1.54, 1.807) is 0 Å². The zero-order chi connectivity index (χ0) is 29.7. The van der Waals surface area contributed by atoms with E-state index >= 15 is 0 Å². The minimum absolute atomic E-state index is 0.0362. The van der Waals surface area contributed by atoms with Gasteiger partial charge in [-0.1, -0.05) is 119 Å². The van der Waals surface area contributed by atoms with Crippen LogP contribution in [-0.4, -0.2) is 25.2 Å². The molecule has 2 heterocycles. The van der Waals surface area contributed by atoms with Gasteiger partial charge in [-0.05, 0) is 103 Å². The molecule has 1 unspecified atom stereocenters. The van der Waals surface area contributed by atoms with Crippen molar-refractivity contribution in [3.8, 4) is 0 Å². The second-order valence-corrected chi connectivity index (χ2v) is 13.2. The molecule has 0 aromatic heterocycles. The van der Waals surface area contributed by atoms with Crippen LogP contribution in [0.3, 0.4) is 0 Å². The maximum atomic E-state index is 3.73. The van der Waals surface area contributed by atoms with Gasteiger partial charge in [0.05, 0.1) is 0 Å². The van der Waals surface area contributed by atoms with Crippen molar-refractivity contribution in [2.75, 3.05) is 13.1 Å². The molecule has 2 saturated heterocycles. The van der Waals surface area contributed by atoms with Crippen molar-refractivity contribution in [3.63, 3.8) is 0 Å². The zero-order valence-corrected chi connectivity index (χ0v) is 26.6. The molecule has 220 valence electrons. The number of nitrogens with one attached hydrogen (secondary N) is 2. The predicted octanol–water partition coefficient (Wildman–Crippen LogP) is 8.72. The summed E-state index contributed by atoms with van der Waals surface area (Å²) in [6.45, 7) is 15.8. The summed E-state index contributed by atoms with van der Waals surface area (Å²) in [5.41, 5.74) is 11.1. The molecule has 2 heteroatoms. The number of benzene rings is 4. The van der Waals surface area contributed by atoms with E-state index in [1.807, 2.05) is 0 Å². The van der Waals surface area contributed by atoms with Crippen LogP contribution >= 0.6 is 0 Å². The van der Waals surface area contributed by atoms with Gasteiger partial charge in [0.1, 0.15) is 0 Å². The zero-order valence-electron chi connectivity index (χ0n) is 26.6. The van der Waals surface area contributed by atoms with Gasteiger partial charge in [0, 0.05) is 22.9 Å². The fraction of sp³-hybridized carbons (Fsp3) is 0.400. The lowest BCUT2D eigenvalue weighted by atomic mass is 9.69. The second-order valence-electron chi connectivity index (χ2n) is 13.2. The van der Waals surface area contributed by atoms with Crippen molar-refractivity contribution in [3.05, 3.63) is 142 Å². The highest BCUT2D eigenvalue weighted by atomic mass is 15.0. The van der Waals surface area contributed by atoms with Crippen LogP contribution in [0, 0.1) is 27.7 Å². The maximum absolute atomic E-state index is 3.73. The summed E-state index contributed by atoms with van der Waals surface area (Å²) in [4.78, 5) is 0. The van der Waals surface area contributed by atoms with E-state index in [-0.39, 0.29) is 10.8 Å². The lowest BCUT2D eigenvalue weighted by Gasteiger charge is -2.37. The average molecular weight is 559 g/mol. The van der Waals surface area contributed by atoms with E-state index in [0.29, 0.717) is 12.1 Å². The topological polar surface area (TPSA) is 24.1 Å². The van der Waals surface area contributed by atoms with Crippen molar-refractivity contribution < 1.29 is 0 Å². The third kappa shape index (κ3) is 6.26. The van der Waals surface area contributed by atoms with Crippen molar-refractivity contribution in [1.82, 2.24) is 10.6 Å². The van der Waals surface area contributed by atoms with E-state index < -0.39 is 0 Å². The molecule has 2 nitrogen and oxygen atoms in total. The van der Waals surface area contributed by atoms with Crippen LogP contribution in [0.2, 0.25) is 0 Å². The van der Waals surface area contributed by atoms with Gasteiger partial charge in [-0.3, -0.25) is 0 Å². The van der Waals surface area contributed by atoms with Crippen LogP contribution in [0.4, 0.5) is 0 Å². The van der Waals surface area contributed by atoms with Crippen molar-refractivity contribution in [2.45, 2.75) is 90.1 Å². The number of hydrogen-bond donors (Lipinski definition) is 2. The molecule has 6 rings (SSSR count). The van der Waals surface area contributed by atoms with Gasteiger partial charge in [-0.15, -0.1) is 0 Å². The summed E-state index contributed by atoms with van der Waals surface area (Å²) in [7, 11) is 0. The second kappa shape index (κ2) is 13.0. The van der Waals surface area contributed by atoms with Crippen LogP contribution in [0.5, 0.6) is 0 Å². The Morgan fingerprint density at radius 3 is 0.976 bits per heavy atom. The largest absolute Gasteiger partial charge is 0.313 e. The molecule has 2 N–H and O–H groups in total. The van der Waals surface area contributed by atoms with E-state index in [2.05, 4.69) is 149 Å². The fourth-order valence-electron chi connectivity index (χ4n) is 7.37. The summed E-state index contributed by atoms with van der Waals surface area (Å²) in [5, 5.41) is 7.47. The number of hydrogen-bond acceptors (Lipinski definition) is 2. The minimum atomic E-state index is 0.0362. The molecule has 0 spiro atoms. The molecule has 2 aliphatic rings. The van der Waals surface area contributed by atoms with Gasteiger partial charge in [0.25, 0.3) is 0 Å². The molecule has 0 amide bonds. The van der Waals surface area contributed by atoms with E-state index in [0.717, 1.165) is 13.1 Å². The van der Waals surface area contributed by atoms with E-state index in [9.17, 15) is 0 Å². The molecule has 0 aliphatic carbocycles. The summed E-state index contributed by atoms with van der Waals surface area (Å²) >= 11 is 0. The quantitative estimate of drug-likeness (QED) is 0.247. The van der Waals surface area contributed by atoms with Crippen LogP contribution < -0.4 is 10.6 Å². The minimum Gasteiger partial charge on any atom is -0.313 e. The van der Waals surface area contributed by atoms with Crippen molar-refractivity contribution >= 4 is 0 Å². The highest BCUT2D eigenvalue weighted by Gasteiger charge is 2.40. The smallest absolute Gasteiger partial charge is 0.0327 e. The molecule has 42 heavy (non-hydrogen) atoms. The Morgan fingerprint density at radius 2 is 0.762 bits per heavy atom. The number of rotatable bonds is 6. The molecule has 2 aliphatic heterocycles. The molecular weight excluding hydrogens is 508 g/mol. The predicted molar refractivity (Wildman–Crippen MR) is 180 cm³/mol. The summed E-state index contributed by atoms with van der Waals surface area (Å²) < 4.78 is 0. The molecule has 4 aromatic carbocycles. The Morgan fingerprint density at radius 1 is 0.476 bits per heavy atom. The van der Waals surface area contributed by atoms with Crippen LogP contribution in [0.15, 0.2) is 97.1 Å². The molecule has 4 aromatic rings. The van der Waals surface area contributed by atoms with E-state index in [1.165, 1.54) is 70.2 Å². The highest BCUT2D eigenvalue weighted by Crippen LogP contribution is 2.40. The van der Waals surface area contributed by atoms with Gasteiger partial charge in [-0.25, -0.2) is 0 Å². The van der Waals surface area contributed by atoms with Gasteiger partial charge in [-0.2, -0.15) is 0 Å². The molecule has 0 bridgehead atoms. The first-order chi connectivity index (χ1) is 20.2. The standard InChI is InChI=1S/2C20H25N/c2*1-15-7-4-9-17(13-15)20(3,19-11-6-12-21-19)18-10-5-8-16(2)14-18/h2*4-5,7-10,13-14,19,21H,6,11-12H2,1-3H3/t19-;/m0./s1. The SMILES string of the molecule is Cc1cccc(C(C)(c2cccc(C)c2)C2CCCN2)c1.Cc1cccc(C(C)(c2cccc(C)c2)[C@@H]2CCCN2)c1. The summed E-state index contributed by atoms with van der Waals surface area (Å²) in [5.74, 6) is 0. The molecular formula is C40H50N2. The normalized spacial score (nSPS) is 18.9. The fourth-order valence-corrected chi connectivity index (χ4v) is 7.37. The Balaban J connectivity index is 0.000000168. The first-order valence-electron chi connectivity index (χ1n) is 16.0. The first-order valence-corrected chi connectivity index (χ1v) is 16.0. The Bertz CT molecular complexity index is 1270. The van der Waals surface area contributed by atoms with E-state index in [4.69, 9.17) is 0 Å². The van der Waals surface area contributed by atoms with Crippen LogP contribution in [-0.2, 0) is 10.8 Å². The lowest BCUT2D eigenvalue weighted by Crippen LogP contribution is -2.44. The van der Waals surface area contributed by atoms with Crippen LogP contribution in [0.25, 0.3) is 0 Å². The third-order valence-corrected chi connectivity index (χ3v) is 9.99. The maximum Gasteiger partial charge on any atom is 0.0327 e. The highest BCUT2D eigenvalue weighted by molar-refractivity contribution is 5.45. The summed E-state index contributed by atoms with van der Waals surface area (Å²) in [6, 6.07) is 37.1. The van der Waals surface area contributed by atoms with Gasteiger partial charge in [0.2, 0.25) is 0 Å². The Labute approximate surface area is 255 Å². The first kappa shape index (κ1) is 30.3. The third-order valence-electron chi connectivity index (χ3n) is 9.99. The molecule has 2 atom stereocenters. The van der Waals surface area contributed by atoms with Crippen molar-refractivity contribution in [1.29, 1.82) is 0 Å². The molecule has 0 radical (unpaired) electrons. The van der Waals surface area contributed by atoms with Gasteiger partial charge >= 0.3 is 0 Å². The number of aryl methyl sites for hydroxylation is 4. The molecule has 0 saturated carbocycles. The van der Waals surface area contributed by atoms with Gasteiger partial charge < -0.3 is 10.6 Å². The average Bonchev–Trinajstić information content (AvgIpc) is 3.73. The Hall–Kier alpha value is -3.20. The molecule has 2 fully saturated rings.